The van der Waals surface area contributed by atoms with Crippen molar-refractivity contribution >= 4 is 44.8 Å². The normalized spacial score (nSPS) is 18.8. The average molecular weight is 460 g/mol. The van der Waals surface area contributed by atoms with E-state index in [1.54, 1.807) is 18.2 Å². The first kappa shape index (κ1) is 21.5. The third kappa shape index (κ3) is 4.97. The molecule has 31 heavy (non-hydrogen) atoms. The first-order valence-corrected chi connectivity index (χ1v) is 12.2. The van der Waals surface area contributed by atoms with Gasteiger partial charge in [0.15, 0.2) is 0 Å². The van der Waals surface area contributed by atoms with Gasteiger partial charge in [-0.15, -0.1) is 0 Å². The zero-order valence-corrected chi connectivity index (χ0v) is 18.5. The largest absolute Gasteiger partial charge is 0.309 e. The Labute approximate surface area is 186 Å². The van der Waals surface area contributed by atoms with Crippen LogP contribution < -0.4 is 9.62 Å². The topological polar surface area (TPSA) is 95.9 Å². The van der Waals surface area contributed by atoms with E-state index in [1.165, 1.54) is 4.90 Å². The number of fused-ring (bicyclic) bond motifs is 1. The molecule has 1 fully saturated rings. The Hall–Kier alpha value is -2.71. The van der Waals surface area contributed by atoms with Crippen molar-refractivity contribution in [3.05, 3.63) is 64.7 Å². The van der Waals surface area contributed by atoms with Crippen LogP contribution in [0.3, 0.4) is 0 Å². The number of aliphatic imine (C=N–C) groups is 1. The number of sulfonamides is 1. The van der Waals surface area contributed by atoms with E-state index in [-0.39, 0.29) is 24.8 Å². The number of carbonyl (C=O) groups excluding carboxylic acids is 2. The number of rotatable bonds is 6. The van der Waals surface area contributed by atoms with Crippen LogP contribution in [0.1, 0.15) is 30.4 Å². The van der Waals surface area contributed by atoms with Crippen LogP contribution in [0, 0.1) is 5.92 Å². The molecule has 0 aromatic heterocycles. The van der Waals surface area contributed by atoms with Gasteiger partial charge in [-0.2, -0.15) is 0 Å². The highest BCUT2D eigenvalue weighted by Gasteiger charge is 2.41. The monoisotopic (exact) mass is 459 g/mol. The Balaban J connectivity index is 1.76. The number of nitrogens with zero attached hydrogens (tertiary/aromatic N) is 2. The van der Waals surface area contributed by atoms with Crippen LogP contribution in [-0.4, -0.2) is 44.8 Å². The standard InChI is InChI=1S/C22H22ClN3O4S/c1-31(29,30)25-19(27)11-12-26-18-10-9-16(23)13-17(18)20(14-5-3-2-4-6-14)24-21(22(26)28)15-7-8-15/h2-6,9-10,13,15,21H,7-8,11-12H2,1H3,(H,25,27). The molecule has 2 aliphatic rings. The zero-order valence-electron chi connectivity index (χ0n) is 16.9. The van der Waals surface area contributed by atoms with Crippen LogP contribution in [0.15, 0.2) is 53.5 Å². The fraction of sp³-hybridized carbons (Fsp3) is 0.318. The molecular formula is C22H22ClN3O4S. The molecule has 2 aromatic carbocycles. The minimum Gasteiger partial charge on any atom is -0.309 e. The van der Waals surface area contributed by atoms with Crippen LogP contribution >= 0.6 is 11.6 Å². The lowest BCUT2D eigenvalue weighted by Crippen LogP contribution is -2.41. The molecular weight excluding hydrogens is 438 g/mol. The second kappa shape index (κ2) is 8.43. The highest BCUT2D eigenvalue weighted by molar-refractivity contribution is 7.89. The highest BCUT2D eigenvalue weighted by atomic mass is 35.5. The van der Waals surface area contributed by atoms with Gasteiger partial charge in [0.1, 0.15) is 6.04 Å². The predicted molar refractivity (Wildman–Crippen MR) is 120 cm³/mol. The van der Waals surface area contributed by atoms with Gasteiger partial charge < -0.3 is 4.90 Å². The van der Waals surface area contributed by atoms with E-state index in [0.29, 0.717) is 22.0 Å². The molecule has 1 heterocycles. The average Bonchev–Trinajstić information content (AvgIpc) is 3.54. The minimum atomic E-state index is -3.67. The molecule has 2 aromatic rings. The summed E-state index contributed by atoms with van der Waals surface area (Å²) in [5, 5.41) is 0.509. The first-order valence-electron chi connectivity index (χ1n) is 9.98. The molecule has 4 rings (SSSR count). The van der Waals surface area contributed by atoms with Crippen molar-refractivity contribution in [1.29, 1.82) is 0 Å². The first-order chi connectivity index (χ1) is 14.7. The number of hydrogen-bond acceptors (Lipinski definition) is 5. The summed E-state index contributed by atoms with van der Waals surface area (Å²) in [6.07, 6.45) is 2.60. The van der Waals surface area contributed by atoms with Crippen LogP contribution in [0.2, 0.25) is 5.02 Å². The zero-order chi connectivity index (χ0) is 22.2. The van der Waals surface area contributed by atoms with E-state index in [0.717, 1.165) is 24.7 Å². The van der Waals surface area contributed by atoms with E-state index < -0.39 is 22.0 Å². The number of benzene rings is 2. The molecule has 0 spiro atoms. The van der Waals surface area contributed by atoms with Gasteiger partial charge in [-0.05, 0) is 37.0 Å². The van der Waals surface area contributed by atoms with Gasteiger partial charge in [-0.1, -0.05) is 41.9 Å². The number of nitrogens with one attached hydrogen (secondary N) is 1. The third-order valence-corrected chi connectivity index (χ3v) is 6.10. The van der Waals surface area contributed by atoms with Gasteiger partial charge in [0, 0.05) is 29.1 Å². The molecule has 1 saturated carbocycles. The van der Waals surface area contributed by atoms with Crippen molar-refractivity contribution in [3.8, 4) is 0 Å². The molecule has 9 heteroatoms. The Morgan fingerprint density at radius 2 is 1.90 bits per heavy atom. The van der Waals surface area contributed by atoms with E-state index >= 15 is 0 Å². The lowest BCUT2D eigenvalue weighted by molar-refractivity contribution is -0.120. The summed E-state index contributed by atoms with van der Waals surface area (Å²) in [4.78, 5) is 32.0. The van der Waals surface area contributed by atoms with E-state index in [4.69, 9.17) is 16.6 Å². The maximum atomic E-state index is 13.5. The maximum absolute atomic E-state index is 13.5. The molecule has 1 aliphatic heterocycles. The molecule has 1 atom stereocenters. The Kier molecular flexibility index (Phi) is 5.85. The minimum absolute atomic E-state index is 0.0373. The van der Waals surface area contributed by atoms with Gasteiger partial charge in [-0.3, -0.25) is 19.3 Å². The Morgan fingerprint density at radius 3 is 2.55 bits per heavy atom. The lowest BCUT2D eigenvalue weighted by atomic mass is 10.00. The van der Waals surface area contributed by atoms with Crippen LogP contribution in [-0.2, 0) is 19.6 Å². The summed E-state index contributed by atoms with van der Waals surface area (Å²) in [5.74, 6) is -0.699. The molecule has 1 aliphatic carbocycles. The van der Waals surface area contributed by atoms with Crippen molar-refractivity contribution in [2.24, 2.45) is 10.9 Å². The lowest BCUT2D eigenvalue weighted by Gasteiger charge is -2.25. The summed E-state index contributed by atoms with van der Waals surface area (Å²) >= 11 is 6.29. The van der Waals surface area contributed by atoms with Gasteiger partial charge in [0.25, 0.3) is 5.91 Å². The number of halogens is 1. The van der Waals surface area contributed by atoms with E-state index in [1.807, 2.05) is 35.1 Å². The van der Waals surface area contributed by atoms with Crippen molar-refractivity contribution in [2.75, 3.05) is 17.7 Å². The third-order valence-electron chi connectivity index (χ3n) is 5.27. The number of benzodiazepines with no additional fused rings is 1. The maximum Gasteiger partial charge on any atom is 0.252 e. The predicted octanol–water partition coefficient (Wildman–Crippen LogP) is 2.77. The van der Waals surface area contributed by atoms with Gasteiger partial charge in [0.2, 0.25) is 15.9 Å². The summed E-state index contributed by atoms with van der Waals surface area (Å²) in [7, 11) is -3.67. The quantitative estimate of drug-likeness (QED) is 0.718. The molecule has 1 unspecified atom stereocenters. The summed E-state index contributed by atoms with van der Waals surface area (Å²) in [6, 6.07) is 14.3. The number of carbonyl (C=O) groups is 2. The van der Waals surface area contributed by atoms with Crippen molar-refractivity contribution in [3.63, 3.8) is 0 Å². The number of hydrogen-bond donors (Lipinski definition) is 1. The molecule has 0 bridgehead atoms. The van der Waals surface area contributed by atoms with Crippen LogP contribution in [0.4, 0.5) is 5.69 Å². The molecule has 1 N–H and O–H groups in total. The molecule has 0 saturated heterocycles. The molecule has 7 nitrogen and oxygen atoms in total. The van der Waals surface area contributed by atoms with E-state index in [2.05, 4.69) is 0 Å². The smallest absolute Gasteiger partial charge is 0.252 e. The molecule has 162 valence electrons. The number of amides is 2. The van der Waals surface area contributed by atoms with Crippen molar-refractivity contribution in [2.45, 2.75) is 25.3 Å². The fourth-order valence-electron chi connectivity index (χ4n) is 3.72. The van der Waals surface area contributed by atoms with Crippen molar-refractivity contribution < 1.29 is 18.0 Å². The Morgan fingerprint density at radius 1 is 1.19 bits per heavy atom. The summed E-state index contributed by atoms with van der Waals surface area (Å²) in [5.41, 5.74) is 2.87. The van der Waals surface area contributed by atoms with E-state index in [9.17, 15) is 18.0 Å². The SMILES string of the molecule is CS(=O)(=O)NC(=O)CCN1C(=O)C(C2CC2)N=C(c2ccccc2)c2cc(Cl)ccc21. The van der Waals surface area contributed by atoms with Gasteiger partial charge >= 0.3 is 0 Å². The highest BCUT2D eigenvalue weighted by Crippen LogP contribution is 2.39. The summed E-state index contributed by atoms with van der Waals surface area (Å²) in [6.45, 7) is 0.0373. The second-order valence-electron chi connectivity index (χ2n) is 7.82. The molecule has 2 amide bonds. The van der Waals surface area contributed by atoms with Crippen molar-refractivity contribution in [1.82, 2.24) is 4.72 Å². The van der Waals surface area contributed by atoms with Crippen LogP contribution in [0.5, 0.6) is 0 Å². The Bertz CT molecular complexity index is 1160. The van der Waals surface area contributed by atoms with Gasteiger partial charge in [0.05, 0.1) is 17.7 Å². The van der Waals surface area contributed by atoms with Gasteiger partial charge in [-0.25, -0.2) is 8.42 Å². The molecule has 0 radical (unpaired) electrons. The number of anilines is 1. The summed E-state index contributed by atoms with van der Waals surface area (Å²) < 4.78 is 24.7. The van der Waals surface area contributed by atoms with Crippen LogP contribution in [0.25, 0.3) is 0 Å². The fourth-order valence-corrected chi connectivity index (χ4v) is 4.41. The second-order valence-corrected chi connectivity index (χ2v) is 10.0.